The molecule has 0 saturated carbocycles. The lowest BCUT2D eigenvalue weighted by Crippen LogP contribution is -2.51. The van der Waals surface area contributed by atoms with Crippen LogP contribution in [0.4, 0.5) is 5.82 Å². The summed E-state index contributed by atoms with van der Waals surface area (Å²) in [5, 5.41) is 5.64. The van der Waals surface area contributed by atoms with Gasteiger partial charge in [-0.05, 0) is 53.8 Å². The maximum absolute atomic E-state index is 12.1. The van der Waals surface area contributed by atoms with Gasteiger partial charge in [-0.15, -0.1) is 0 Å². The molecular weight excluding hydrogens is 280 g/mol. The molecule has 1 aromatic rings. The first-order chi connectivity index (χ1) is 10.1. The van der Waals surface area contributed by atoms with E-state index in [0.717, 1.165) is 5.69 Å². The minimum Gasteiger partial charge on any atom is -0.350 e. The lowest BCUT2D eigenvalue weighted by Gasteiger charge is -2.28. The number of anilines is 1. The SMILES string of the molecule is Cc1cccc(NC(=O)CN(C)C(C)C(=O)NC(C)(C)C)n1. The average molecular weight is 306 g/mol. The predicted octanol–water partition coefficient (Wildman–Crippen LogP) is 1.56. The van der Waals surface area contributed by atoms with Gasteiger partial charge in [0.15, 0.2) is 0 Å². The van der Waals surface area contributed by atoms with Crippen LogP contribution in [0.3, 0.4) is 0 Å². The van der Waals surface area contributed by atoms with Crippen molar-refractivity contribution in [1.82, 2.24) is 15.2 Å². The Morgan fingerprint density at radius 2 is 1.95 bits per heavy atom. The summed E-state index contributed by atoms with van der Waals surface area (Å²) in [6.45, 7) is 9.53. The summed E-state index contributed by atoms with van der Waals surface area (Å²) in [6.07, 6.45) is 0. The molecule has 2 N–H and O–H groups in total. The van der Waals surface area contributed by atoms with Gasteiger partial charge in [0.05, 0.1) is 12.6 Å². The van der Waals surface area contributed by atoms with E-state index in [1.165, 1.54) is 0 Å². The number of likely N-dealkylation sites (N-methyl/N-ethyl adjacent to an activating group) is 1. The Morgan fingerprint density at radius 3 is 2.50 bits per heavy atom. The Kier molecular flexibility index (Phi) is 6.05. The third kappa shape index (κ3) is 6.22. The summed E-state index contributed by atoms with van der Waals surface area (Å²) in [7, 11) is 1.75. The first-order valence-electron chi connectivity index (χ1n) is 7.34. The molecule has 122 valence electrons. The van der Waals surface area contributed by atoms with Crippen molar-refractivity contribution < 1.29 is 9.59 Å². The second-order valence-corrected chi connectivity index (χ2v) is 6.54. The van der Waals surface area contributed by atoms with Crippen molar-refractivity contribution in [3.05, 3.63) is 23.9 Å². The van der Waals surface area contributed by atoms with Crippen molar-refractivity contribution in [3.63, 3.8) is 0 Å². The molecule has 6 heteroatoms. The molecule has 0 aliphatic carbocycles. The molecule has 0 aliphatic heterocycles. The van der Waals surface area contributed by atoms with E-state index in [4.69, 9.17) is 0 Å². The van der Waals surface area contributed by atoms with Crippen molar-refractivity contribution in [2.24, 2.45) is 0 Å². The van der Waals surface area contributed by atoms with Crippen LogP contribution in [-0.2, 0) is 9.59 Å². The van der Waals surface area contributed by atoms with Crippen LogP contribution in [0.1, 0.15) is 33.4 Å². The number of carbonyl (C=O) groups excluding carboxylic acids is 2. The Morgan fingerprint density at radius 1 is 1.32 bits per heavy atom. The van der Waals surface area contributed by atoms with Gasteiger partial charge in [-0.3, -0.25) is 14.5 Å². The topological polar surface area (TPSA) is 74.3 Å². The van der Waals surface area contributed by atoms with Crippen molar-refractivity contribution >= 4 is 17.6 Å². The molecule has 0 fully saturated rings. The molecule has 0 aliphatic rings. The fourth-order valence-corrected chi connectivity index (χ4v) is 1.83. The first kappa shape index (κ1) is 18.1. The van der Waals surface area contributed by atoms with Crippen LogP contribution in [0.15, 0.2) is 18.2 Å². The van der Waals surface area contributed by atoms with Crippen LogP contribution in [0.25, 0.3) is 0 Å². The van der Waals surface area contributed by atoms with E-state index < -0.39 is 6.04 Å². The summed E-state index contributed by atoms with van der Waals surface area (Å²) in [5.41, 5.74) is 0.545. The summed E-state index contributed by atoms with van der Waals surface area (Å²) >= 11 is 0. The second-order valence-electron chi connectivity index (χ2n) is 6.54. The lowest BCUT2D eigenvalue weighted by molar-refractivity contribution is -0.127. The normalized spacial score (nSPS) is 12.9. The molecule has 22 heavy (non-hydrogen) atoms. The largest absolute Gasteiger partial charge is 0.350 e. The number of hydrogen-bond donors (Lipinski definition) is 2. The number of aromatic nitrogens is 1. The fourth-order valence-electron chi connectivity index (χ4n) is 1.83. The first-order valence-corrected chi connectivity index (χ1v) is 7.34. The van der Waals surface area contributed by atoms with E-state index in [1.807, 2.05) is 39.8 Å². The number of pyridine rings is 1. The lowest BCUT2D eigenvalue weighted by atomic mass is 10.1. The molecule has 0 bridgehead atoms. The zero-order chi connectivity index (χ0) is 16.9. The van der Waals surface area contributed by atoms with E-state index >= 15 is 0 Å². The molecule has 0 saturated heterocycles. The molecule has 6 nitrogen and oxygen atoms in total. The van der Waals surface area contributed by atoms with E-state index in [9.17, 15) is 9.59 Å². The molecule has 0 aromatic carbocycles. The number of carbonyl (C=O) groups is 2. The van der Waals surface area contributed by atoms with Crippen LogP contribution in [0.2, 0.25) is 0 Å². The van der Waals surface area contributed by atoms with Gasteiger partial charge in [0.1, 0.15) is 5.82 Å². The number of nitrogens with zero attached hydrogens (tertiary/aromatic N) is 2. The maximum atomic E-state index is 12.1. The maximum Gasteiger partial charge on any atom is 0.239 e. The van der Waals surface area contributed by atoms with Crippen molar-refractivity contribution in [2.45, 2.75) is 46.2 Å². The Labute approximate surface area is 132 Å². The Hall–Kier alpha value is -1.95. The van der Waals surface area contributed by atoms with E-state index in [0.29, 0.717) is 5.82 Å². The van der Waals surface area contributed by atoms with Crippen molar-refractivity contribution in [1.29, 1.82) is 0 Å². The van der Waals surface area contributed by atoms with Gasteiger partial charge >= 0.3 is 0 Å². The number of hydrogen-bond acceptors (Lipinski definition) is 4. The molecule has 1 rings (SSSR count). The average Bonchev–Trinajstić information content (AvgIpc) is 2.35. The summed E-state index contributed by atoms with van der Waals surface area (Å²) in [5.74, 6) is 0.220. The minimum absolute atomic E-state index is 0.100. The quantitative estimate of drug-likeness (QED) is 0.866. The highest BCUT2D eigenvalue weighted by atomic mass is 16.2. The highest BCUT2D eigenvalue weighted by Gasteiger charge is 2.23. The van der Waals surface area contributed by atoms with E-state index in [-0.39, 0.29) is 23.9 Å². The van der Waals surface area contributed by atoms with E-state index in [2.05, 4.69) is 15.6 Å². The Bertz CT molecular complexity index is 537. The van der Waals surface area contributed by atoms with Gasteiger partial charge in [-0.2, -0.15) is 0 Å². The molecule has 1 aromatic heterocycles. The van der Waals surface area contributed by atoms with Gasteiger partial charge in [-0.25, -0.2) is 4.98 Å². The van der Waals surface area contributed by atoms with Gasteiger partial charge in [0, 0.05) is 11.2 Å². The van der Waals surface area contributed by atoms with Crippen LogP contribution >= 0.6 is 0 Å². The smallest absolute Gasteiger partial charge is 0.239 e. The minimum atomic E-state index is -0.393. The van der Waals surface area contributed by atoms with Crippen molar-refractivity contribution in [3.8, 4) is 0 Å². The molecule has 1 unspecified atom stereocenters. The number of rotatable bonds is 5. The number of amides is 2. The van der Waals surface area contributed by atoms with Gasteiger partial charge in [0.2, 0.25) is 11.8 Å². The molecule has 0 radical (unpaired) electrons. The molecule has 2 amide bonds. The van der Waals surface area contributed by atoms with Gasteiger partial charge in [0.25, 0.3) is 0 Å². The van der Waals surface area contributed by atoms with Crippen LogP contribution in [0, 0.1) is 6.92 Å². The van der Waals surface area contributed by atoms with E-state index in [1.54, 1.807) is 24.9 Å². The third-order valence-corrected chi connectivity index (χ3v) is 3.09. The molecule has 1 heterocycles. The zero-order valence-electron chi connectivity index (χ0n) is 14.2. The summed E-state index contributed by atoms with van der Waals surface area (Å²) in [6, 6.07) is 5.04. The van der Waals surface area contributed by atoms with Gasteiger partial charge in [-0.1, -0.05) is 6.07 Å². The van der Waals surface area contributed by atoms with Crippen molar-refractivity contribution in [2.75, 3.05) is 18.9 Å². The van der Waals surface area contributed by atoms with Gasteiger partial charge < -0.3 is 10.6 Å². The predicted molar refractivity (Wildman–Crippen MR) is 87.6 cm³/mol. The fraction of sp³-hybridized carbons (Fsp3) is 0.562. The van der Waals surface area contributed by atoms with Crippen LogP contribution in [0.5, 0.6) is 0 Å². The summed E-state index contributed by atoms with van der Waals surface area (Å²) in [4.78, 5) is 30.0. The number of aryl methyl sites for hydroxylation is 1. The molecular formula is C16H26N4O2. The highest BCUT2D eigenvalue weighted by Crippen LogP contribution is 2.05. The summed E-state index contributed by atoms with van der Waals surface area (Å²) < 4.78 is 0. The van der Waals surface area contributed by atoms with Crippen LogP contribution < -0.4 is 10.6 Å². The highest BCUT2D eigenvalue weighted by molar-refractivity contribution is 5.92. The monoisotopic (exact) mass is 306 g/mol. The molecule has 1 atom stereocenters. The zero-order valence-corrected chi connectivity index (χ0v) is 14.2. The molecule has 0 spiro atoms. The number of nitrogens with one attached hydrogen (secondary N) is 2. The third-order valence-electron chi connectivity index (χ3n) is 3.09. The second kappa shape index (κ2) is 7.35. The van der Waals surface area contributed by atoms with Crippen LogP contribution in [-0.4, -0.2) is 46.9 Å². The standard InChI is InChI=1S/C16H26N4O2/c1-11-8-7-9-13(17-11)18-14(21)10-20(6)12(2)15(22)19-16(3,4)5/h7-9,12H,10H2,1-6H3,(H,19,22)(H,17,18,21). The Balaban J connectivity index is 2.54.